The molecule has 0 aromatic heterocycles. The highest BCUT2D eigenvalue weighted by Gasteiger charge is 2.13. The first-order valence-electron chi connectivity index (χ1n) is 5.72. The number of urea groups is 1. The molecule has 3 amide bonds. The average molecular weight is 283 g/mol. The minimum atomic E-state index is -1.28. The van der Waals surface area contributed by atoms with E-state index >= 15 is 0 Å². The van der Waals surface area contributed by atoms with Crippen molar-refractivity contribution in [1.82, 2.24) is 10.6 Å². The standard InChI is InChI=1S/C12H14FN3O4/c1-7(17)14-4-5-15-12(20)16-10-6-8(13)2-3-9(10)11(18)19/h2-3,6H,4-5H2,1H3,(H,14,17)(H,18,19)(H2,15,16,20). The van der Waals surface area contributed by atoms with Gasteiger partial charge in [0.15, 0.2) is 0 Å². The van der Waals surface area contributed by atoms with Gasteiger partial charge in [-0.3, -0.25) is 4.79 Å². The van der Waals surface area contributed by atoms with Crippen molar-refractivity contribution in [2.75, 3.05) is 18.4 Å². The summed E-state index contributed by atoms with van der Waals surface area (Å²) < 4.78 is 13.0. The van der Waals surface area contributed by atoms with Crippen LogP contribution in [0.25, 0.3) is 0 Å². The normalized spacial score (nSPS) is 9.70. The second-order valence-corrected chi connectivity index (χ2v) is 3.86. The van der Waals surface area contributed by atoms with Crippen molar-refractivity contribution in [3.63, 3.8) is 0 Å². The van der Waals surface area contributed by atoms with E-state index in [1.54, 1.807) is 0 Å². The van der Waals surface area contributed by atoms with E-state index in [0.717, 1.165) is 18.2 Å². The molecule has 0 aliphatic rings. The number of aromatic carboxylic acids is 1. The number of carbonyl (C=O) groups is 3. The predicted molar refractivity (Wildman–Crippen MR) is 69.1 cm³/mol. The first kappa shape index (κ1) is 15.4. The fourth-order valence-corrected chi connectivity index (χ4v) is 1.39. The van der Waals surface area contributed by atoms with Crippen LogP contribution in [-0.2, 0) is 4.79 Å². The zero-order valence-corrected chi connectivity index (χ0v) is 10.7. The van der Waals surface area contributed by atoms with Gasteiger partial charge in [-0.2, -0.15) is 0 Å². The molecule has 0 saturated carbocycles. The van der Waals surface area contributed by atoms with Crippen LogP contribution in [0, 0.1) is 5.82 Å². The van der Waals surface area contributed by atoms with Gasteiger partial charge in [-0.25, -0.2) is 14.0 Å². The molecule has 0 aliphatic heterocycles. The number of carboxylic acids is 1. The average Bonchev–Trinajstić information content (AvgIpc) is 2.34. The van der Waals surface area contributed by atoms with Gasteiger partial charge in [-0.15, -0.1) is 0 Å². The lowest BCUT2D eigenvalue weighted by Gasteiger charge is -2.10. The van der Waals surface area contributed by atoms with Crippen molar-refractivity contribution < 1.29 is 23.9 Å². The zero-order valence-electron chi connectivity index (χ0n) is 10.7. The zero-order chi connectivity index (χ0) is 15.1. The summed E-state index contributed by atoms with van der Waals surface area (Å²) in [6, 6.07) is 2.27. The highest BCUT2D eigenvalue weighted by molar-refractivity contribution is 5.99. The maximum Gasteiger partial charge on any atom is 0.337 e. The first-order valence-corrected chi connectivity index (χ1v) is 5.72. The summed E-state index contributed by atoms with van der Waals surface area (Å²) in [5.41, 5.74) is -0.363. The Balaban J connectivity index is 2.59. The van der Waals surface area contributed by atoms with Crippen LogP contribution in [-0.4, -0.2) is 36.1 Å². The van der Waals surface area contributed by atoms with Crippen molar-refractivity contribution in [2.24, 2.45) is 0 Å². The van der Waals surface area contributed by atoms with E-state index < -0.39 is 17.8 Å². The predicted octanol–water partition coefficient (Wildman–Crippen LogP) is 0.781. The van der Waals surface area contributed by atoms with Crippen LogP contribution < -0.4 is 16.0 Å². The number of rotatable bonds is 5. The Kier molecular flexibility index (Phi) is 5.45. The Morgan fingerprint density at radius 3 is 2.45 bits per heavy atom. The molecule has 8 heteroatoms. The van der Waals surface area contributed by atoms with Crippen LogP contribution in [0.4, 0.5) is 14.9 Å². The summed E-state index contributed by atoms with van der Waals surface area (Å²) >= 11 is 0. The Hall–Kier alpha value is -2.64. The number of nitrogens with one attached hydrogen (secondary N) is 3. The number of halogens is 1. The van der Waals surface area contributed by atoms with Crippen molar-refractivity contribution in [2.45, 2.75) is 6.92 Å². The molecule has 1 aromatic rings. The third-order valence-electron chi connectivity index (χ3n) is 2.24. The highest BCUT2D eigenvalue weighted by atomic mass is 19.1. The number of benzene rings is 1. The van der Waals surface area contributed by atoms with Crippen molar-refractivity contribution in [1.29, 1.82) is 0 Å². The molecule has 0 radical (unpaired) electrons. The lowest BCUT2D eigenvalue weighted by atomic mass is 10.2. The quantitative estimate of drug-likeness (QED) is 0.599. The lowest BCUT2D eigenvalue weighted by Crippen LogP contribution is -2.36. The fraction of sp³-hybridized carbons (Fsp3) is 0.250. The minimum absolute atomic E-state index is 0.144. The number of hydrogen-bond donors (Lipinski definition) is 4. The Labute approximate surface area is 114 Å². The van der Waals surface area contributed by atoms with E-state index in [1.165, 1.54) is 6.92 Å². The lowest BCUT2D eigenvalue weighted by molar-refractivity contribution is -0.118. The number of carbonyl (C=O) groups excluding carboxylic acids is 2. The van der Waals surface area contributed by atoms with Gasteiger partial charge in [0, 0.05) is 20.0 Å². The van der Waals surface area contributed by atoms with Crippen LogP contribution in [0.15, 0.2) is 18.2 Å². The molecule has 7 nitrogen and oxygen atoms in total. The van der Waals surface area contributed by atoms with Crippen molar-refractivity contribution >= 4 is 23.6 Å². The Morgan fingerprint density at radius 2 is 1.85 bits per heavy atom. The molecule has 0 atom stereocenters. The number of hydrogen-bond acceptors (Lipinski definition) is 3. The van der Waals surface area contributed by atoms with Gasteiger partial charge in [-0.05, 0) is 18.2 Å². The number of amides is 3. The molecule has 108 valence electrons. The molecule has 0 spiro atoms. The molecule has 20 heavy (non-hydrogen) atoms. The number of carboxylic acid groups (broad SMARTS) is 1. The van der Waals surface area contributed by atoms with E-state index in [9.17, 15) is 18.8 Å². The fourth-order valence-electron chi connectivity index (χ4n) is 1.39. The summed E-state index contributed by atoms with van der Waals surface area (Å²) in [6.07, 6.45) is 0. The summed E-state index contributed by atoms with van der Waals surface area (Å²) in [4.78, 5) is 33.0. The molecule has 0 bridgehead atoms. The Bertz CT molecular complexity index is 533. The van der Waals surface area contributed by atoms with Gasteiger partial charge in [0.05, 0.1) is 11.3 Å². The third-order valence-corrected chi connectivity index (χ3v) is 2.24. The molecule has 0 aliphatic carbocycles. The van der Waals surface area contributed by atoms with Crippen LogP contribution in [0.1, 0.15) is 17.3 Å². The second-order valence-electron chi connectivity index (χ2n) is 3.86. The summed E-state index contributed by atoms with van der Waals surface area (Å²) in [5.74, 6) is -2.17. The van der Waals surface area contributed by atoms with E-state index in [-0.39, 0.29) is 30.2 Å². The van der Waals surface area contributed by atoms with E-state index in [4.69, 9.17) is 5.11 Å². The SMILES string of the molecule is CC(=O)NCCNC(=O)Nc1cc(F)ccc1C(=O)O. The molecule has 0 saturated heterocycles. The maximum atomic E-state index is 13.0. The Morgan fingerprint density at radius 1 is 1.20 bits per heavy atom. The van der Waals surface area contributed by atoms with Crippen LogP contribution in [0.5, 0.6) is 0 Å². The first-order chi connectivity index (χ1) is 9.40. The number of anilines is 1. The second kappa shape index (κ2) is 7.07. The van der Waals surface area contributed by atoms with Gasteiger partial charge in [0.1, 0.15) is 5.82 Å². The molecule has 0 heterocycles. The molecule has 4 N–H and O–H groups in total. The summed E-state index contributed by atoms with van der Waals surface area (Å²) in [7, 11) is 0. The van der Waals surface area contributed by atoms with Crippen LogP contribution in [0.2, 0.25) is 0 Å². The maximum absolute atomic E-state index is 13.0. The van der Waals surface area contributed by atoms with Crippen LogP contribution in [0.3, 0.4) is 0 Å². The smallest absolute Gasteiger partial charge is 0.337 e. The monoisotopic (exact) mass is 283 g/mol. The van der Waals surface area contributed by atoms with Crippen molar-refractivity contribution in [3.8, 4) is 0 Å². The van der Waals surface area contributed by atoms with Gasteiger partial charge in [0.25, 0.3) is 0 Å². The molecular weight excluding hydrogens is 269 g/mol. The topological polar surface area (TPSA) is 108 Å². The van der Waals surface area contributed by atoms with E-state index in [1.807, 2.05) is 0 Å². The molecule has 1 aromatic carbocycles. The van der Waals surface area contributed by atoms with E-state index in [2.05, 4.69) is 16.0 Å². The van der Waals surface area contributed by atoms with Gasteiger partial charge < -0.3 is 21.1 Å². The minimum Gasteiger partial charge on any atom is -0.478 e. The molecular formula is C12H14FN3O4. The van der Waals surface area contributed by atoms with Gasteiger partial charge >= 0.3 is 12.0 Å². The van der Waals surface area contributed by atoms with Crippen LogP contribution >= 0.6 is 0 Å². The largest absolute Gasteiger partial charge is 0.478 e. The summed E-state index contributed by atoms with van der Waals surface area (Å²) in [6.45, 7) is 1.73. The van der Waals surface area contributed by atoms with E-state index in [0.29, 0.717) is 0 Å². The molecule has 0 fully saturated rings. The summed E-state index contributed by atoms with van der Waals surface area (Å²) in [5, 5.41) is 16.0. The van der Waals surface area contributed by atoms with Gasteiger partial charge in [0.2, 0.25) is 5.91 Å². The molecule has 0 unspecified atom stereocenters. The van der Waals surface area contributed by atoms with Gasteiger partial charge in [-0.1, -0.05) is 0 Å². The highest BCUT2D eigenvalue weighted by Crippen LogP contribution is 2.17. The molecule has 1 rings (SSSR count). The van der Waals surface area contributed by atoms with Crippen molar-refractivity contribution in [3.05, 3.63) is 29.6 Å². The third kappa shape index (κ3) is 4.92.